The van der Waals surface area contributed by atoms with Crippen LogP contribution in [-0.2, 0) is 0 Å². The lowest BCUT2D eigenvalue weighted by atomic mass is 10.0. The van der Waals surface area contributed by atoms with Gasteiger partial charge in [-0.2, -0.15) is 0 Å². The summed E-state index contributed by atoms with van der Waals surface area (Å²) in [6, 6.07) is 59.5. The molecule has 0 saturated heterocycles. The molecule has 0 bridgehead atoms. The summed E-state index contributed by atoms with van der Waals surface area (Å²) in [7, 11) is 0. The van der Waals surface area contributed by atoms with Gasteiger partial charge in [-0.1, -0.05) is 109 Å². The summed E-state index contributed by atoms with van der Waals surface area (Å²) in [4.78, 5) is 7.15. The smallest absolute Gasteiger partial charge is 0.0880 e. The third kappa shape index (κ3) is 4.72. The first kappa shape index (κ1) is 28.2. The average Bonchev–Trinajstić information content (AvgIpc) is 3.74. The zero-order valence-corrected chi connectivity index (χ0v) is 28.0. The van der Waals surface area contributed by atoms with Crippen LogP contribution in [0.1, 0.15) is 0 Å². The molecule has 7 aromatic carbocycles. The fourth-order valence-corrected chi connectivity index (χ4v) is 9.60. The lowest BCUT2D eigenvalue weighted by molar-refractivity contribution is 1.29. The van der Waals surface area contributed by atoms with E-state index in [0.29, 0.717) is 0 Å². The van der Waals surface area contributed by atoms with E-state index in [9.17, 15) is 0 Å². The molecule has 2 nitrogen and oxygen atoms in total. The number of anilines is 3. The molecule has 4 heteroatoms. The first-order valence-electron chi connectivity index (χ1n) is 16.4. The Labute approximate surface area is 291 Å². The molecule has 10 rings (SSSR count). The normalized spacial score (nSPS) is 11.7. The Morgan fingerprint density at radius 3 is 2.06 bits per heavy atom. The summed E-state index contributed by atoms with van der Waals surface area (Å²) < 4.78 is 5.16. The van der Waals surface area contributed by atoms with Crippen molar-refractivity contribution in [1.29, 1.82) is 0 Å². The Kier molecular flexibility index (Phi) is 6.57. The van der Waals surface area contributed by atoms with E-state index in [1.54, 1.807) is 0 Å². The number of nitrogens with zero attached hydrogens (tertiary/aromatic N) is 2. The predicted molar refractivity (Wildman–Crippen MR) is 213 cm³/mol. The number of benzene rings is 7. The molecule has 3 heterocycles. The van der Waals surface area contributed by atoms with E-state index in [0.717, 1.165) is 22.6 Å². The highest BCUT2D eigenvalue weighted by Crippen LogP contribution is 2.44. The van der Waals surface area contributed by atoms with E-state index in [-0.39, 0.29) is 0 Å². The zero-order valence-electron chi connectivity index (χ0n) is 26.4. The highest BCUT2D eigenvalue weighted by molar-refractivity contribution is 7.27. The highest BCUT2D eigenvalue weighted by atomic mass is 32.1. The van der Waals surface area contributed by atoms with Gasteiger partial charge in [0.15, 0.2) is 0 Å². The van der Waals surface area contributed by atoms with Gasteiger partial charge < -0.3 is 4.90 Å². The number of fused-ring (bicyclic) bond motifs is 8. The van der Waals surface area contributed by atoms with Crippen molar-refractivity contribution >= 4 is 91.0 Å². The maximum Gasteiger partial charge on any atom is 0.0880 e. The third-order valence-corrected chi connectivity index (χ3v) is 11.9. The number of pyridine rings is 1. The highest BCUT2D eigenvalue weighted by Gasteiger charge is 2.17. The molecule has 230 valence electrons. The van der Waals surface area contributed by atoms with Crippen molar-refractivity contribution in [3.05, 3.63) is 170 Å². The van der Waals surface area contributed by atoms with Crippen LogP contribution in [0.3, 0.4) is 0 Å². The lowest BCUT2D eigenvalue weighted by Gasteiger charge is -2.26. The molecule has 3 aromatic heterocycles. The number of rotatable bonds is 5. The molecule has 0 aliphatic carbocycles. The number of hydrogen-bond acceptors (Lipinski definition) is 4. The molecular weight excluding hydrogens is 633 g/mol. The average molecular weight is 661 g/mol. The molecule has 0 fully saturated rings. The van der Waals surface area contributed by atoms with Crippen LogP contribution in [0, 0.1) is 0 Å². The number of thiophene rings is 2. The summed E-state index contributed by atoms with van der Waals surface area (Å²) in [6.45, 7) is 0. The van der Waals surface area contributed by atoms with Crippen LogP contribution in [0.15, 0.2) is 170 Å². The predicted octanol–water partition coefficient (Wildman–Crippen LogP) is 13.8. The Hall–Kier alpha value is -5.81. The van der Waals surface area contributed by atoms with Crippen molar-refractivity contribution in [2.24, 2.45) is 0 Å². The molecule has 0 spiro atoms. The monoisotopic (exact) mass is 660 g/mol. The van der Waals surface area contributed by atoms with Crippen molar-refractivity contribution in [2.75, 3.05) is 4.90 Å². The summed E-state index contributed by atoms with van der Waals surface area (Å²) >= 11 is 3.70. The standard InChI is InChI=1S/C45H28N2S2/c1-2-9-29(10-3-1)32-11-6-13-34(27-32)47(35-23-25-42-40(28-35)37-14-4-5-17-41(37)48-42)33-21-18-30(19-22-33)36-15-7-16-38-39-24-20-31-12-8-26-46-43(31)45(39)49-44(36)38/h1-28H. The molecule has 0 N–H and O–H groups in total. The topological polar surface area (TPSA) is 16.1 Å². The second kappa shape index (κ2) is 11.4. The fraction of sp³-hybridized carbons (Fsp3) is 0. The molecular formula is C45H28N2S2. The van der Waals surface area contributed by atoms with Crippen molar-refractivity contribution in [2.45, 2.75) is 0 Å². The van der Waals surface area contributed by atoms with Crippen molar-refractivity contribution in [1.82, 2.24) is 4.98 Å². The van der Waals surface area contributed by atoms with Gasteiger partial charge in [0.1, 0.15) is 0 Å². The van der Waals surface area contributed by atoms with Crippen LogP contribution in [0.4, 0.5) is 17.1 Å². The molecule has 0 saturated carbocycles. The maximum absolute atomic E-state index is 4.76. The first-order chi connectivity index (χ1) is 24.3. The minimum Gasteiger partial charge on any atom is -0.310 e. The second-order valence-electron chi connectivity index (χ2n) is 12.4. The van der Waals surface area contributed by atoms with Gasteiger partial charge in [-0.05, 0) is 76.9 Å². The first-order valence-corrected chi connectivity index (χ1v) is 18.1. The van der Waals surface area contributed by atoms with Gasteiger partial charge in [0.25, 0.3) is 0 Å². The summed E-state index contributed by atoms with van der Waals surface area (Å²) in [6.07, 6.45) is 1.89. The van der Waals surface area contributed by atoms with E-state index in [2.05, 4.69) is 163 Å². The van der Waals surface area contributed by atoms with Crippen molar-refractivity contribution in [3.63, 3.8) is 0 Å². The van der Waals surface area contributed by atoms with Crippen LogP contribution >= 0.6 is 22.7 Å². The molecule has 0 aliphatic rings. The maximum atomic E-state index is 4.76. The fourth-order valence-electron chi connectivity index (χ4n) is 7.17. The van der Waals surface area contributed by atoms with Gasteiger partial charge in [0, 0.05) is 64.3 Å². The Balaban J connectivity index is 1.12. The van der Waals surface area contributed by atoms with E-state index in [1.165, 1.54) is 68.0 Å². The van der Waals surface area contributed by atoms with E-state index in [1.807, 2.05) is 34.9 Å². The van der Waals surface area contributed by atoms with E-state index < -0.39 is 0 Å². The van der Waals surface area contributed by atoms with E-state index in [4.69, 9.17) is 4.98 Å². The molecule has 0 amide bonds. The molecule has 0 aliphatic heterocycles. The third-order valence-electron chi connectivity index (χ3n) is 9.50. The molecule has 0 atom stereocenters. The number of hydrogen-bond donors (Lipinski definition) is 0. The Morgan fingerprint density at radius 1 is 0.408 bits per heavy atom. The van der Waals surface area contributed by atoms with Crippen molar-refractivity contribution < 1.29 is 0 Å². The molecule has 10 aromatic rings. The summed E-state index contributed by atoms with van der Waals surface area (Å²) in [5.41, 5.74) is 9.31. The van der Waals surface area contributed by atoms with Gasteiger partial charge in [-0.3, -0.25) is 4.98 Å². The SMILES string of the molecule is c1ccc(-c2cccc(N(c3ccc(-c4cccc5c4sc4c5ccc5cccnc54)cc3)c3ccc4sc5ccccc5c4c3)c2)cc1. The zero-order chi connectivity index (χ0) is 32.3. The molecule has 0 radical (unpaired) electrons. The van der Waals surface area contributed by atoms with Crippen LogP contribution in [0.2, 0.25) is 0 Å². The van der Waals surface area contributed by atoms with Crippen LogP contribution in [0.5, 0.6) is 0 Å². The summed E-state index contributed by atoms with van der Waals surface area (Å²) in [5, 5.41) is 6.32. The molecule has 0 unspecified atom stereocenters. The quantitative estimate of drug-likeness (QED) is 0.183. The number of aromatic nitrogens is 1. The lowest BCUT2D eigenvalue weighted by Crippen LogP contribution is -2.10. The second-order valence-corrected chi connectivity index (χ2v) is 14.5. The van der Waals surface area contributed by atoms with Gasteiger partial charge in [-0.25, -0.2) is 0 Å². The molecule has 49 heavy (non-hydrogen) atoms. The Morgan fingerprint density at radius 2 is 1.14 bits per heavy atom. The van der Waals surface area contributed by atoms with Crippen LogP contribution in [-0.4, -0.2) is 4.98 Å². The van der Waals surface area contributed by atoms with Crippen LogP contribution in [0.25, 0.3) is 73.5 Å². The summed E-state index contributed by atoms with van der Waals surface area (Å²) in [5.74, 6) is 0. The minimum absolute atomic E-state index is 1.08. The van der Waals surface area contributed by atoms with E-state index >= 15 is 0 Å². The largest absolute Gasteiger partial charge is 0.310 e. The van der Waals surface area contributed by atoms with Gasteiger partial charge in [0.2, 0.25) is 0 Å². The minimum atomic E-state index is 1.08. The van der Waals surface area contributed by atoms with Gasteiger partial charge >= 0.3 is 0 Å². The Bertz CT molecular complexity index is 2830. The van der Waals surface area contributed by atoms with Crippen molar-refractivity contribution in [3.8, 4) is 22.3 Å². The van der Waals surface area contributed by atoms with Crippen LogP contribution < -0.4 is 4.90 Å². The van der Waals surface area contributed by atoms with Gasteiger partial charge in [0.05, 0.1) is 10.2 Å². The van der Waals surface area contributed by atoms with Gasteiger partial charge in [-0.15, -0.1) is 22.7 Å².